The molecule has 1 fully saturated rings. The summed E-state index contributed by atoms with van der Waals surface area (Å²) in [4.78, 5) is 14.5. The first-order valence-electron chi connectivity index (χ1n) is 8.39. The summed E-state index contributed by atoms with van der Waals surface area (Å²) in [6.45, 7) is 5.29. The summed E-state index contributed by atoms with van der Waals surface area (Å²) < 4.78 is 33.0. The van der Waals surface area contributed by atoms with Crippen molar-refractivity contribution in [3.05, 3.63) is 23.2 Å². The monoisotopic (exact) mass is 388 g/mol. The molecule has 140 valence electrons. The van der Waals surface area contributed by atoms with E-state index >= 15 is 0 Å². The number of amides is 1. The third-order valence-electron chi connectivity index (χ3n) is 4.15. The zero-order valence-electron chi connectivity index (χ0n) is 14.8. The van der Waals surface area contributed by atoms with Gasteiger partial charge in [-0.25, -0.2) is 8.42 Å². The number of carbonyl (C=O) groups is 1. The van der Waals surface area contributed by atoms with Gasteiger partial charge < -0.3 is 9.64 Å². The van der Waals surface area contributed by atoms with Gasteiger partial charge in [0.05, 0.1) is 17.0 Å². The van der Waals surface area contributed by atoms with Crippen LogP contribution >= 0.6 is 11.6 Å². The predicted molar refractivity (Wildman–Crippen MR) is 97.4 cm³/mol. The number of halogens is 1. The van der Waals surface area contributed by atoms with Crippen LogP contribution in [0.25, 0.3) is 0 Å². The Morgan fingerprint density at radius 3 is 2.48 bits per heavy atom. The Labute approximate surface area is 154 Å². The van der Waals surface area contributed by atoms with E-state index in [1.54, 1.807) is 4.90 Å². The Morgan fingerprint density at radius 2 is 1.96 bits per heavy atom. The number of sulfonamides is 1. The Bertz CT molecular complexity index is 715. The van der Waals surface area contributed by atoms with Crippen LogP contribution in [0.2, 0.25) is 5.02 Å². The fraction of sp³-hybridized carbons (Fsp3) is 0.588. The molecule has 0 radical (unpaired) electrons. The van der Waals surface area contributed by atoms with Crippen LogP contribution in [0, 0.1) is 5.92 Å². The zero-order valence-corrected chi connectivity index (χ0v) is 16.4. The molecule has 1 aliphatic rings. The largest absolute Gasteiger partial charge is 0.495 e. The van der Waals surface area contributed by atoms with Crippen LogP contribution in [0.1, 0.15) is 33.1 Å². The van der Waals surface area contributed by atoms with Gasteiger partial charge in [-0.05, 0) is 43.4 Å². The number of hydrogen-bond acceptors (Lipinski definition) is 4. The lowest BCUT2D eigenvalue weighted by atomic mass is 10.0. The smallest absolute Gasteiger partial charge is 0.241 e. The third kappa shape index (κ3) is 5.09. The summed E-state index contributed by atoms with van der Waals surface area (Å²) in [6.07, 6.45) is 2.36. The van der Waals surface area contributed by atoms with Gasteiger partial charge in [-0.2, -0.15) is 4.72 Å². The van der Waals surface area contributed by atoms with Gasteiger partial charge in [0.15, 0.2) is 0 Å². The number of nitrogens with one attached hydrogen (secondary N) is 1. The molecular weight excluding hydrogens is 364 g/mol. The van der Waals surface area contributed by atoms with Crippen LogP contribution in [0.4, 0.5) is 0 Å². The van der Waals surface area contributed by atoms with Crippen LogP contribution in [-0.4, -0.2) is 45.5 Å². The van der Waals surface area contributed by atoms with Crippen molar-refractivity contribution in [2.24, 2.45) is 5.92 Å². The first-order chi connectivity index (χ1) is 11.7. The molecule has 1 aliphatic heterocycles. The maximum Gasteiger partial charge on any atom is 0.241 e. The average molecular weight is 389 g/mol. The Balaban J connectivity index is 2.23. The number of hydrogen-bond donors (Lipinski definition) is 1. The van der Waals surface area contributed by atoms with Crippen LogP contribution < -0.4 is 9.46 Å². The van der Waals surface area contributed by atoms with Gasteiger partial charge in [0.25, 0.3) is 0 Å². The highest BCUT2D eigenvalue weighted by Crippen LogP contribution is 2.27. The molecule has 1 heterocycles. The molecule has 0 unspecified atom stereocenters. The van der Waals surface area contributed by atoms with E-state index in [1.807, 2.05) is 13.8 Å². The van der Waals surface area contributed by atoms with Crippen molar-refractivity contribution < 1.29 is 17.9 Å². The second-order valence-electron chi connectivity index (χ2n) is 6.63. The Hall–Kier alpha value is -1.31. The molecule has 2 rings (SSSR count). The lowest BCUT2D eigenvalue weighted by Crippen LogP contribution is -2.48. The van der Waals surface area contributed by atoms with Gasteiger partial charge >= 0.3 is 0 Å². The second kappa shape index (κ2) is 8.38. The van der Waals surface area contributed by atoms with Crippen molar-refractivity contribution in [1.82, 2.24) is 9.62 Å². The molecule has 1 aromatic carbocycles. The van der Waals surface area contributed by atoms with Gasteiger partial charge in [-0.15, -0.1) is 0 Å². The van der Waals surface area contributed by atoms with Crippen molar-refractivity contribution >= 4 is 27.5 Å². The van der Waals surface area contributed by atoms with Crippen molar-refractivity contribution in [2.45, 2.75) is 44.0 Å². The quantitative estimate of drug-likeness (QED) is 0.779. The van der Waals surface area contributed by atoms with Gasteiger partial charge in [0.1, 0.15) is 11.8 Å². The van der Waals surface area contributed by atoms with Crippen LogP contribution in [0.5, 0.6) is 5.75 Å². The van der Waals surface area contributed by atoms with Gasteiger partial charge in [0.2, 0.25) is 15.9 Å². The molecule has 0 saturated carbocycles. The third-order valence-corrected chi connectivity index (χ3v) is 5.92. The maximum atomic E-state index is 12.7. The molecular formula is C17H25ClN2O4S. The standard InChI is InChI=1S/C17H25ClN2O4S/c1-12(2)10-15(17(21)20-8-4-5-9-20)19-25(22,23)13-6-7-16(24-3)14(18)11-13/h6-7,11-12,15,19H,4-5,8-10H2,1-3H3/t15-/m1/s1. The fourth-order valence-electron chi connectivity index (χ4n) is 2.90. The van der Waals surface area contributed by atoms with Crippen molar-refractivity contribution in [3.63, 3.8) is 0 Å². The Kier molecular flexibility index (Phi) is 6.71. The second-order valence-corrected chi connectivity index (χ2v) is 8.75. The molecule has 1 atom stereocenters. The normalized spacial score (nSPS) is 16.3. The van der Waals surface area contributed by atoms with E-state index in [-0.39, 0.29) is 21.7 Å². The summed E-state index contributed by atoms with van der Waals surface area (Å²) in [5.74, 6) is 0.417. The molecule has 0 aliphatic carbocycles. The zero-order chi connectivity index (χ0) is 18.6. The number of benzene rings is 1. The number of ether oxygens (including phenoxy) is 1. The molecule has 1 saturated heterocycles. The van der Waals surface area contributed by atoms with E-state index in [4.69, 9.17) is 16.3 Å². The van der Waals surface area contributed by atoms with Gasteiger partial charge in [-0.1, -0.05) is 25.4 Å². The lowest BCUT2D eigenvalue weighted by molar-refractivity contribution is -0.132. The molecule has 0 bridgehead atoms. The summed E-state index contributed by atoms with van der Waals surface area (Å²) in [6, 6.07) is 3.47. The molecule has 1 amide bonds. The number of methoxy groups -OCH3 is 1. The van der Waals surface area contributed by atoms with Gasteiger partial charge in [-0.3, -0.25) is 4.79 Å². The van der Waals surface area contributed by atoms with E-state index in [9.17, 15) is 13.2 Å². The minimum Gasteiger partial charge on any atom is -0.495 e. The number of rotatable bonds is 7. The topological polar surface area (TPSA) is 75.7 Å². The van der Waals surface area contributed by atoms with E-state index in [1.165, 1.54) is 25.3 Å². The van der Waals surface area contributed by atoms with E-state index in [0.29, 0.717) is 25.3 Å². The molecule has 25 heavy (non-hydrogen) atoms. The number of carbonyl (C=O) groups excluding carboxylic acids is 1. The highest BCUT2D eigenvalue weighted by molar-refractivity contribution is 7.89. The van der Waals surface area contributed by atoms with Gasteiger partial charge in [0, 0.05) is 13.1 Å². The number of nitrogens with zero attached hydrogens (tertiary/aromatic N) is 1. The summed E-state index contributed by atoms with van der Waals surface area (Å²) >= 11 is 6.03. The number of likely N-dealkylation sites (tertiary alicyclic amines) is 1. The van der Waals surface area contributed by atoms with E-state index in [2.05, 4.69) is 4.72 Å². The van der Waals surface area contributed by atoms with Crippen LogP contribution in [-0.2, 0) is 14.8 Å². The molecule has 0 aromatic heterocycles. The molecule has 1 aromatic rings. The first-order valence-corrected chi connectivity index (χ1v) is 10.3. The summed E-state index contributed by atoms with van der Waals surface area (Å²) in [5, 5.41) is 0.205. The van der Waals surface area contributed by atoms with Crippen molar-refractivity contribution in [2.75, 3.05) is 20.2 Å². The first kappa shape index (κ1) is 20.0. The fourth-order valence-corrected chi connectivity index (χ4v) is 4.45. The van der Waals surface area contributed by atoms with Crippen molar-refractivity contribution in [3.8, 4) is 5.75 Å². The minimum absolute atomic E-state index is 0.0151. The highest BCUT2D eigenvalue weighted by Gasteiger charge is 2.31. The summed E-state index contributed by atoms with van der Waals surface area (Å²) in [5.41, 5.74) is 0. The predicted octanol–water partition coefficient (Wildman–Crippen LogP) is 2.66. The van der Waals surface area contributed by atoms with Crippen LogP contribution in [0.15, 0.2) is 23.1 Å². The SMILES string of the molecule is COc1ccc(S(=O)(=O)N[C@H](CC(C)C)C(=O)N2CCCC2)cc1Cl. The minimum atomic E-state index is -3.86. The maximum absolute atomic E-state index is 12.7. The molecule has 8 heteroatoms. The average Bonchev–Trinajstić information content (AvgIpc) is 3.07. The van der Waals surface area contributed by atoms with E-state index in [0.717, 1.165) is 12.8 Å². The van der Waals surface area contributed by atoms with E-state index < -0.39 is 16.1 Å². The van der Waals surface area contributed by atoms with Crippen LogP contribution in [0.3, 0.4) is 0 Å². The van der Waals surface area contributed by atoms with Crippen molar-refractivity contribution in [1.29, 1.82) is 0 Å². The molecule has 1 N–H and O–H groups in total. The molecule has 0 spiro atoms. The Morgan fingerprint density at radius 1 is 1.32 bits per heavy atom. The lowest BCUT2D eigenvalue weighted by Gasteiger charge is -2.25. The highest BCUT2D eigenvalue weighted by atomic mass is 35.5. The summed E-state index contributed by atoms with van der Waals surface area (Å²) in [7, 11) is -2.41. The molecule has 6 nitrogen and oxygen atoms in total.